The summed E-state index contributed by atoms with van der Waals surface area (Å²) in [5, 5.41) is 2.68. The third kappa shape index (κ3) is 3.45. The van der Waals surface area contributed by atoms with Crippen molar-refractivity contribution < 1.29 is 13.6 Å². The number of halogens is 2. The number of hydrogen-bond acceptors (Lipinski definition) is 3. The van der Waals surface area contributed by atoms with Crippen LogP contribution in [-0.4, -0.2) is 36.5 Å². The van der Waals surface area contributed by atoms with Gasteiger partial charge in [0.2, 0.25) is 0 Å². The van der Waals surface area contributed by atoms with Crippen LogP contribution < -0.4 is 11.1 Å². The predicted octanol–water partition coefficient (Wildman–Crippen LogP) is 1.76. The second-order valence-electron chi connectivity index (χ2n) is 5.24. The number of nitrogen functional groups attached to an aromatic ring is 1. The average Bonchev–Trinajstić information content (AvgIpc) is 2.86. The monoisotopic (exact) mass is 283 g/mol. The maximum absolute atomic E-state index is 13.7. The topological polar surface area (TPSA) is 58.4 Å². The van der Waals surface area contributed by atoms with Gasteiger partial charge in [-0.1, -0.05) is 0 Å². The molecule has 2 rings (SSSR count). The number of anilines is 1. The molecule has 1 saturated heterocycles. The van der Waals surface area contributed by atoms with Crippen LogP contribution >= 0.6 is 0 Å². The summed E-state index contributed by atoms with van der Waals surface area (Å²) in [6.07, 6.45) is 2.32. The van der Waals surface area contributed by atoms with Crippen molar-refractivity contribution in [1.29, 1.82) is 0 Å². The van der Waals surface area contributed by atoms with Gasteiger partial charge in [0.25, 0.3) is 5.91 Å². The Labute approximate surface area is 116 Å². The van der Waals surface area contributed by atoms with Crippen molar-refractivity contribution in [2.24, 2.45) is 0 Å². The number of rotatable bonds is 4. The number of nitrogens with one attached hydrogen (secondary N) is 1. The molecular weight excluding hydrogens is 264 g/mol. The Balaban J connectivity index is 2.00. The van der Waals surface area contributed by atoms with Gasteiger partial charge in [-0.3, -0.25) is 4.79 Å². The van der Waals surface area contributed by atoms with Crippen molar-refractivity contribution in [2.75, 3.05) is 25.4 Å². The van der Waals surface area contributed by atoms with Crippen LogP contribution in [0.5, 0.6) is 0 Å². The van der Waals surface area contributed by atoms with Crippen molar-refractivity contribution in [3.05, 3.63) is 29.3 Å². The molecule has 1 aliphatic rings. The zero-order valence-electron chi connectivity index (χ0n) is 11.5. The van der Waals surface area contributed by atoms with Gasteiger partial charge in [-0.05, 0) is 45.0 Å². The number of carbonyl (C=O) groups is 1. The Morgan fingerprint density at radius 2 is 2.05 bits per heavy atom. The van der Waals surface area contributed by atoms with Gasteiger partial charge >= 0.3 is 0 Å². The van der Waals surface area contributed by atoms with Gasteiger partial charge in [-0.25, -0.2) is 8.78 Å². The van der Waals surface area contributed by atoms with Crippen LogP contribution in [-0.2, 0) is 0 Å². The van der Waals surface area contributed by atoms with Crippen molar-refractivity contribution in [2.45, 2.75) is 25.8 Å². The van der Waals surface area contributed by atoms with Crippen molar-refractivity contribution in [1.82, 2.24) is 10.2 Å². The number of nitrogens with zero attached hydrogens (tertiary/aromatic N) is 1. The van der Waals surface area contributed by atoms with E-state index in [0.29, 0.717) is 6.54 Å². The molecule has 1 fully saturated rings. The number of likely N-dealkylation sites (tertiary alicyclic amines) is 1. The highest BCUT2D eigenvalue weighted by atomic mass is 19.1. The number of benzene rings is 1. The first kappa shape index (κ1) is 14.7. The molecule has 6 heteroatoms. The molecule has 1 atom stereocenters. The molecule has 0 radical (unpaired) electrons. The van der Waals surface area contributed by atoms with E-state index >= 15 is 0 Å². The van der Waals surface area contributed by atoms with Crippen LogP contribution in [0.25, 0.3) is 0 Å². The van der Waals surface area contributed by atoms with E-state index in [1.165, 1.54) is 0 Å². The van der Waals surface area contributed by atoms with E-state index in [1.54, 1.807) is 0 Å². The largest absolute Gasteiger partial charge is 0.396 e. The van der Waals surface area contributed by atoms with E-state index < -0.39 is 17.5 Å². The van der Waals surface area contributed by atoms with Gasteiger partial charge < -0.3 is 16.0 Å². The third-order valence-electron chi connectivity index (χ3n) is 3.42. The van der Waals surface area contributed by atoms with Crippen molar-refractivity contribution in [3.63, 3.8) is 0 Å². The highest BCUT2D eigenvalue weighted by molar-refractivity contribution is 5.95. The Morgan fingerprint density at radius 3 is 2.70 bits per heavy atom. The number of nitrogens with two attached hydrogens (primary N) is 1. The summed E-state index contributed by atoms with van der Waals surface area (Å²) in [6, 6.07) is 1.59. The van der Waals surface area contributed by atoms with Crippen LogP contribution in [0.3, 0.4) is 0 Å². The standard InChI is InChI=1S/C14H19F2N3O/c1-9(8-19-4-2-3-5-19)18-14(20)11-6-10(15)7-12(17)13(11)16/h6-7,9H,2-5,8,17H2,1H3,(H,18,20). The summed E-state index contributed by atoms with van der Waals surface area (Å²) >= 11 is 0. The van der Waals surface area contributed by atoms with Gasteiger partial charge in [-0.15, -0.1) is 0 Å². The summed E-state index contributed by atoms with van der Waals surface area (Å²) < 4.78 is 26.9. The lowest BCUT2D eigenvalue weighted by Crippen LogP contribution is -2.41. The molecular formula is C14H19F2N3O. The molecule has 20 heavy (non-hydrogen) atoms. The van der Waals surface area contributed by atoms with E-state index in [1.807, 2.05) is 6.92 Å². The molecule has 0 saturated carbocycles. The molecule has 1 aliphatic heterocycles. The molecule has 110 valence electrons. The van der Waals surface area contributed by atoms with Gasteiger partial charge in [-0.2, -0.15) is 0 Å². The fraction of sp³-hybridized carbons (Fsp3) is 0.500. The van der Waals surface area contributed by atoms with Crippen molar-refractivity contribution >= 4 is 11.6 Å². The Bertz CT molecular complexity index is 501. The summed E-state index contributed by atoms with van der Waals surface area (Å²) in [7, 11) is 0. The van der Waals surface area contributed by atoms with E-state index in [2.05, 4.69) is 10.2 Å². The van der Waals surface area contributed by atoms with Crippen LogP contribution in [0.4, 0.5) is 14.5 Å². The average molecular weight is 283 g/mol. The maximum atomic E-state index is 13.7. The lowest BCUT2D eigenvalue weighted by molar-refractivity contribution is 0.0927. The second kappa shape index (κ2) is 6.17. The van der Waals surface area contributed by atoms with E-state index in [9.17, 15) is 13.6 Å². The van der Waals surface area contributed by atoms with E-state index in [-0.39, 0.29) is 17.3 Å². The summed E-state index contributed by atoms with van der Waals surface area (Å²) in [4.78, 5) is 14.2. The summed E-state index contributed by atoms with van der Waals surface area (Å²) in [5.41, 5.74) is 4.61. The summed E-state index contributed by atoms with van der Waals surface area (Å²) in [6.45, 7) is 4.58. The number of amides is 1. The zero-order valence-corrected chi connectivity index (χ0v) is 11.5. The molecule has 4 nitrogen and oxygen atoms in total. The highest BCUT2D eigenvalue weighted by Crippen LogP contribution is 2.17. The first-order valence-corrected chi connectivity index (χ1v) is 6.75. The molecule has 0 aliphatic carbocycles. The Morgan fingerprint density at radius 1 is 1.40 bits per heavy atom. The first-order chi connectivity index (χ1) is 9.47. The fourth-order valence-corrected chi connectivity index (χ4v) is 2.48. The van der Waals surface area contributed by atoms with E-state index in [4.69, 9.17) is 5.73 Å². The molecule has 1 amide bonds. The fourth-order valence-electron chi connectivity index (χ4n) is 2.48. The minimum atomic E-state index is -0.878. The molecule has 1 aromatic carbocycles. The first-order valence-electron chi connectivity index (χ1n) is 6.75. The smallest absolute Gasteiger partial charge is 0.254 e. The predicted molar refractivity (Wildman–Crippen MR) is 73.4 cm³/mol. The lowest BCUT2D eigenvalue weighted by Gasteiger charge is -2.21. The van der Waals surface area contributed by atoms with Gasteiger partial charge in [0, 0.05) is 12.6 Å². The molecule has 0 aromatic heterocycles. The molecule has 0 spiro atoms. The Hall–Kier alpha value is -1.69. The SMILES string of the molecule is CC(CN1CCCC1)NC(=O)c1cc(F)cc(N)c1F. The van der Waals surface area contributed by atoms with Crippen molar-refractivity contribution in [3.8, 4) is 0 Å². The molecule has 1 aromatic rings. The van der Waals surface area contributed by atoms with Crippen LogP contribution in [0.1, 0.15) is 30.1 Å². The summed E-state index contributed by atoms with van der Waals surface area (Å²) in [5.74, 6) is -2.24. The number of carbonyl (C=O) groups excluding carboxylic acids is 1. The molecule has 3 N–H and O–H groups in total. The number of hydrogen-bond donors (Lipinski definition) is 2. The van der Waals surface area contributed by atoms with Gasteiger partial charge in [0.05, 0.1) is 11.3 Å². The molecule has 0 bridgehead atoms. The lowest BCUT2D eigenvalue weighted by atomic mass is 10.1. The normalized spacial score (nSPS) is 17.1. The zero-order chi connectivity index (χ0) is 14.7. The molecule has 1 heterocycles. The van der Waals surface area contributed by atoms with Gasteiger partial charge in [0.15, 0.2) is 5.82 Å². The maximum Gasteiger partial charge on any atom is 0.254 e. The van der Waals surface area contributed by atoms with Crippen LogP contribution in [0.2, 0.25) is 0 Å². The quantitative estimate of drug-likeness (QED) is 0.828. The minimum Gasteiger partial charge on any atom is -0.396 e. The molecule has 1 unspecified atom stereocenters. The minimum absolute atomic E-state index is 0.135. The second-order valence-corrected chi connectivity index (χ2v) is 5.24. The van der Waals surface area contributed by atoms with Crippen LogP contribution in [0, 0.1) is 11.6 Å². The van der Waals surface area contributed by atoms with Gasteiger partial charge in [0.1, 0.15) is 5.82 Å². The van der Waals surface area contributed by atoms with Crippen LogP contribution in [0.15, 0.2) is 12.1 Å². The van der Waals surface area contributed by atoms with E-state index in [0.717, 1.165) is 38.1 Å². The highest BCUT2D eigenvalue weighted by Gasteiger charge is 2.20. The Kier molecular flexibility index (Phi) is 4.54. The third-order valence-corrected chi connectivity index (χ3v) is 3.42.